The Bertz CT molecular complexity index is 3230. The van der Waals surface area contributed by atoms with Gasteiger partial charge in [0.15, 0.2) is 0 Å². The molecule has 0 aliphatic heterocycles. The summed E-state index contributed by atoms with van der Waals surface area (Å²) in [6, 6.07) is 56.9. The second kappa shape index (κ2) is 14.4. The van der Waals surface area contributed by atoms with Crippen LogP contribution in [0, 0.1) is 23.0 Å². The molecule has 5 heteroatoms. The molecule has 0 bridgehead atoms. The minimum atomic E-state index is -0.675. The molecule has 2 aromatic heterocycles. The summed E-state index contributed by atoms with van der Waals surface area (Å²) in [7, 11) is 0. The summed E-state index contributed by atoms with van der Waals surface area (Å²) in [5.74, 6) is -1.35. The smallest absolute Gasteiger partial charge is 0.126 e. The van der Waals surface area contributed by atoms with E-state index in [1.165, 1.54) is 23.3 Å². The van der Waals surface area contributed by atoms with E-state index in [9.17, 15) is 5.26 Å². The van der Waals surface area contributed by atoms with Gasteiger partial charge in [0, 0.05) is 27.6 Å². The molecule has 0 saturated carbocycles. The summed E-state index contributed by atoms with van der Waals surface area (Å²) in [6.45, 7) is 13.3. The molecule has 62 heavy (non-hydrogen) atoms. The Balaban J connectivity index is 1.37. The standard InChI is InChI=1S/C57H45F2N3/c1-56(2,3)41-19-23-50-47(31-41)45-21-17-37(35-13-9-7-10-14-35)27-52(45)61(50)54-29-40(39-25-43(58)33-44(59)26-39)30-55(49(54)34-60)62-51-24-20-42(57(4,5)6)32-48(51)46-22-18-38(28-53(46)62)36-15-11-8-12-16-36/h7-33H,1-6H3. The van der Waals surface area contributed by atoms with Crippen molar-refractivity contribution in [2.75, 3.05) is 0 Å². The highest BCUT2D eigenvalue weighted by Gasteiger charge is 2.25. The van der Waals surface area contributed by atoms with Crippen LogP contribution in [0.4, 0.5) is 8.78 Å². The Hall–Kier alpha value is -7.29. The zero-order valence-corrected chi connectivity index (χ0v) is 35.7. The van der Waals surface area contributed by atoms with Crippen LogP contribution in [0.5, 0.6) is 0 Å². The molecule has 0 unspecified atom stereocenters. The third-order valence-electron chi connectivity index (χ3n) is 12.4. The first-order valence-corrected chi connectivity index (χ1v) is 21.1. The lowest BCUT2D eigenvalue weighted by Crippen LogP contribution is -2.11. The van der Waals surface area contributed by atoms with Gasteiger partial charge in [-0.25, -0.2) is 8.78 Å². The number of hydrogen-bond acceptors (Lipinski definition) is 1. The number of rotatable bonds is 5. The second-order valence-corrected chi connectivity index (χ2v) is 18.5. The summed E-state index contributed by atoms with van der Waals surface area (Å²) in [5, 5.41) is 15.8. The Morgan fingerprint density at radius 1 is 0.387 bits per heavy atom. The predicted molar refractivity (Wildman–Crippen MR) is 253 cm³/mol. The number of hydrogen-bond donors (Lipinski definition) is 0. The van der Waals surface area contributed by atoms with Crippen molar-refractivity contribution in [2.45, 2.75) is 52.4 Å². The van der Waals surface area contributed by atoms with Gasteiger partial charge < -0.3 is 9.13 Å². The minimum Gasteiger partial charge on any atom is -0.308 e. The van der Waals surface area contributed by atoms with Gasteiger partial charge in [-0.1, -0.05) is 139 Å². The molecule has 0 radical (unpaired) electrons. The van der Waals surface area contributed by atoms with Crippen molar-refractivity contribution in [3.63, 3.8) is 0 Å². The molecule has 0 aliphatic rings. The lowest BCUT2D eigenvalue weighted by molar-refractivity contribution is 0.584. The normalized spacial score (nSPS) is 12.2. The molecule has 0 atom stereocenters. The summed E-state index contributed by atoms with van der Waals surface area (Å²) in [6.07, 6.45) is 0. The molecule has 0 fully saturated rings. The van der Waals surface area contributed by atoms with E-state index in [0.717, 1.165) is 71.9 Å². The number of fused-ring (bicyclic) bond motifs is 6. The van der Waals surface area contributed by atoms with Crippen LogP contribution in [0.2, 0.25) is 0 Å². The molecule has 10 aromatic rings. The number of nitrogens with zero attached hydrogens (tertiary/aromatic N) is 3. The highest BCUT2D eigenvalue weighted by Crippen LogP contribution is 2.43. The molecule has 3 nitrogen and oxygen atoms in total. The number of benzene rings is 8. The first kappa shape index (κ1) is 38.9. The Kier molecular flexibility index (Phi) is 9.05. The lowest BCUT2D eigenvalue weighted by Gasteiger charge is -2.21. The van der Waals surface area contributed by atoms with Gasteiger partial charge >= 0.3 is 0 Å². The van der Waals surface area contributed by atoms with E-state index >= 15 is 8.78 Å². The van der Waals surface area contributed by atoms with Crippen molar-refractivity contribution in [1.29, 1.82) is 5.26 Å². The van der Waals surface area contributed by atoms with E-state index in [1.807, 2.05) is 48.5 Å². The van der Waals surface area contributed by atoms with Gasteiger partial charge in [-0.05, 0) is 116 Å². The molecule has 0 N–H and O–H groups in total. The van der Waals surface area contributed by atoms with Crippen molar-refractivity contribution >= 4 is 43.6 Å². The van der Waals surface area contributed by atoms with Crippen molar-refractivity contribution in [3.8, 4) is 50.8 Å². The number of aromatic nitrogens is 2. The molecule has 2 heterocycles. The van der Waals surface area contributed by atoms with Crippen LogP contribution in [0.15, 0.2) is 164 Å². The highest BCUT2D eigenvalue weighted by molar-refractivity contribution is 6.12. The van der Waals surface area contributed by atoms with Crippen molar-refractivity contribution in [1.82, 2.24) is 9.13 Å². The molecule has 0 spiro atoms. The maximum absolute atomic E-state index is 15.2. The van der Waals surface area contributed by atoms with Crippen LogP contribution in [0.3, 0.4) is 0 Å². The molecule has 0 saturated heterocycles. The third-order valence-corrected chi connectivity index (χ3v) is 12.4. The van der Waals surface area contributed by atoms with Crippen molar-refractivity contribution in [3.05, 3.63) is 192 Å². The average molecular weight is 810 g/mol. The average Bonchev–Trinajstić information content (AvgIpc) is 3.76. The van der Waals surface area contributed by atoms with Gasteiger partial charge in [0.2, 0.25) is 0 Å². The SMILES string of the molecule is CC(C)(C)c1ccc2c(c1)c1ccc(-c3ccccc3)cc1n2-c1cc(-c2cc(F)cc(F)c2)cc(-n2c3ccc(C(C)(C)C)cc3c3ccc(-c4ccccc4)cc32)c1C#N. The van der Waals surface area contributed by atoms with Gasteiger partial charge in [0.25, 0.3) is 0 Å². The van der Waals surface area contributed by atoms with Crippen molar-refractivity contribution in [2.24, 2.45) is 0 Å². The molecule has 10 rings (SSSR count). The molecule has 302 valence electrons. The van der Waals surface area contributed by atoms with E-state index in [2.05, 4.69) is 154 Å². The van der Waals surface area contributed by atoms with Gasteiger partial charge in [-0.15, -0.1) is 0 Å². The molecule has 0 aliphatic carbocycles. The van der Waals surface area contributed by atoms with E-state index < -0.39 is 11.6 Å². The second-order valence-electron chi connectivity index (χ2n) is 18.5. The minimum absolute atomic E-state index is 0.110. The van der Waals surface area contributed by atoms with Crippen LogP contribution in [0.25, 0.3) is 88.4 Å². The van der Waals surface area contributed by atoms with E-state index in [1.54, 1.807) is 0 Å². The van der Waals surface area contributed by atoms with Crippen LogP contribution in [-0.2, 0) is 10.8 Å². The Morgan fingerprint density at radius 2 is 0.806 bits per heavy atom. The number of nitriles is 1. The predicted octanol–water partition coefficient (Wildman–Crippen LogP) is 15.6. The monoisotopic (exact) mass is 809 g/mol. The maximum Gasteiger partial charge on any atom is 0.126 e. The quantitative estimate of drug-likeness (QED) is 0.170. The van der Waals surface area contributed by atoms with Gasteiger partial charge in [0.05, 0.1) is 33.4 Å². The Labute approximate surface area is 360 Å². The summed E-state index contributed by atoms with van der Waals surface area (Å²) in [5.41, 5.74) is 12.6. The fraction of sp³-hybridized carbons (Fsp3) is 0.140. The molecule has 0 amide bonds. The molecule has 8 aromatic carbocycles. The zero-order chi connectivity index (χ0) is 43.1. The van der Waals surface area contributed by atoms with Crippen LogP contribution < -0.4 is 0 Å². The first-order valence-electron chi connectivity index (χ1n) is 21.1. The summed E-state index contributed by atoms with van der Waals surface area (Å²) < 4.78 is 34.8. The zero-order valence-electron chi connectivity index (χ0n) is 35.7. The topological polar surface area (TPSA) is 33.6 Å². The van der Waals surface area contributed by atoms with E-state index in [-0.39, 0.29) is 10.8 Å². The highest BCUT2D eigenvalue weighted by atomic mass is 19.1. The largest absolute Gasteiger partial charge is 0.308 e. The fourth-order valence-electron chi connectivity index (χ4n) is 9.08. The van der Waals surface area contributed by atoms with Crippen molar-refractivity contribution < 1.29 is 8.78 Å². The first-order chi connectivity index (χ1) is 29.8. The van der Waals surface area contributed by atoms with E-state index in [4.69, 9.17) is 0 Å². The van der Waals surface area contributed by atoms with Crippen LogP contribution >= 0.6 is 0 Å². The Morgan fingerprint density at radius 3 is 1.21 bits per heavy atom. The third kappa shape index (κ3) is 6.55. The van der Waals surface area contributed by atoms with Crippen LogP contribution in [-0.4, -0.2) is 9.13 Å². The van der Waals surface area contributed by atoms with Gasteiger partial charge in [-0.3, -0.25) is 0 Å². The number of halogens is 2. The van der Waals surface area contributed by atoms with Crippen LogP contribution in [0.1, 0.15) is 58.2 Å². The molecular formula is C57H45F2N3. The van der Waals surface area contributed by atoms with E-state index in [0.29, 0.717) is 28.1 Å². The van der Waals surface area contributed by atoms with Gasteiger partial charge in [0.1, 0.15) is 23.3 Å². The molecular weight excluding hydrogens is 765 g/mol. The summed E-state index contributed by atoms with van der Waals surface area (Å²) in [4.78, 5) is 0. The fourth-order valence-corrected chi connectivity index (χ4v) is 9.08. The lowest BCUT2D eigenvalue weighted by atomic mass is 9.86. The maximum atomic E-state index is 15.2. The van der Waals surface area contributed by atoms with Gasteiger partial charge in [-0.2, -0.15) is 5.26 Å². The summed E-state index contributed by atoms with van der Waals surface area (Å²) >= 11 is 0.